The molecule has 176 valence electrons. The maximum Gasteiger partial charge on any atom is 0.212 e. The van der Waals surface area contributed by atoms with Crippen LogP contribution in [-0.4, -0.2) is 43.0 Å². The van der Waals surface area contributed by atoms with Gasteiger partial charge in [-0.2, -0.15) is 10.2 Å². The predicted molar refractivity (Wildman–Crippen MR) is 126 cm³/mol. The molecule has 0 saturated carbocycles. The van der Waals surface area contributed by atoms with Gasteiger partial charge >= 0.3 is 0 Å². The van der Waals surface area contributed by atoms with Crippen molar-refractivity contribution in [1.29, 1.82) is 0 Å². The summed E-state index contributed by atoms with van der Waals surface area (Å²) in [7, 11) is 1.57. The minimum atomic E-state index is -0.448. The Morgan fingerprint density at radius 3 is 2.74 bits per heavy atom. The summed E-state index contributed by atoms with van der Waals surface area (Å²) >= 11 is 0. The van der Waals surface area contributed by atoms with Crippen molar-refractivity contribution in [2.24, 2.45) is 0 Å². The van der Waals surface area contributed by atoms with Gasteiger partial charge in [0.1, 0.15) is 23.1 Å². The Balaban J connectivity index is 1.35. The first-order chi connectivity index (χ1) is 17.1. The number of anilines is 1. The van der Waals surface area contributed by atoms with Crippen molar-refractivity contribution in [3.63, 3.8) is 0 Å². The second-order valence-electron chi connectivity index (χ2n) is 8.36. The molecule has 1 aliphatic rings. The van der Waals surface area contributed by atoms with Gasteiger partial charge < -0.3 is 9.64 Å². The molecule has 6 rings (SSSR count). The van der Waals surface area contributed by atoms with Gasteiger partial charge in [-0.3, -0.25) is 0 Å². The molecular weight excluding hydrogens is 452 g/mol. The molecule has 1 aliphatic heterocycles. The number of methoxy groups -OCH3 is 1. The molecule has 0 amide bonds. The van der Waals surface area contributed by atoms with Crippen molar-refractivity contribution >= 4 is 11.5 Å². The van der Waals surface area contributed by atoms with E-state index < -0.39 is 11.6 Å². The first-order valence-electron chi connectivity index (χ1n) is 11.2. The van der Waals surface area contributed by atoms with Gasteiger partial charge in [0.15, 0.2) is 5.65 Å². The number of benzene rings is 1. The highest BCUT2D eigenvalue weighted by Gasteiger charge is 2.30. The van der Waals surface area contributed by atoms with Crippen LogP contribution in [0.15, 0.2) is 67.4 Å². The van der Waals surface area contributed by atoms with Crippen LogP contribution in [0.1, 0.15) is 24.4 Å². The van der Waals surface area contributed by atoms with Gasteiger partial charge in [-0.25, -0.2) is 27.9 Å². The SMILES string of the molecule is COc1ccc(-c2cnn(-c3cnn4ccc(N5CCC[C@@H]5c5cc(F)ccc5F)nc34)c2)cn1. The first-order valence-corrected chi connectivity index (χ1v) is 11.2. The number of nitrogens with zero attached hydrogens (tertiary/aromatic N) is 7. The van der Waals surface area contributed by atoms with Gasteiger partial charge in [0.25, 0.3) is 0 Å². The Bertz CT molecular complexity index is 1510. The minimum absolute atomic E-state index is 0.286. The van der Waals surface area contributed by atoms with E-state index in [9.17, 15) is 8.78 Å². The molecule has 35 heavy (non-hydrogen) atoms. The van der Waals surface area contributed by atoms with E-state index in [0.29, 0.717) is 35.1 Å². The lowest BCUT2D eigenvalue weighted by molar-refractivity contribution is 0.398. The van der Waals surface area contributed by atoms with Crippen LogP contribution in [0.4, 0.5) is 14.6 Å². The van der Waals surface area contributed by atoms with Gasteiger partial charge in [0.2, 0.25) is 5.88 Å². The second kappa shape index (κ2) is 8.46. The fourth-order valence-corrected chi connectivity index (χ4v) is 4.58. The summed E-state index contributed by atoms with van der Waals surface area (Å²) in [6.07, 6.45) is 10.5. The topological polar surface area (TPSA) is 73.4 Å². The molecule has 5 heterocycles. The fourth-order valence-electron chi connectivity index (χ4n) is 4.58. The van der Waals surface area contributed by atoms with Crippen molar-refractivity contribution < 1.29 is 13.5 Å². The number of pyridine rings is 1. The van der Waals surface area contributed by atoms with E-state index in [1.165, 1.54) is 12.1 Å². The zero-order valence-corrected chi connectivity index (χ0v) is 18.8. The molecule has 1 atom stereocenters. The van der Waals surface area contributed by atoms with Crippen LogP contribution in [0.2, 0.25) is 0 Å². The van der Waals surface area contributed by atoms with Crippen molar-refractivity contribution in [1.82, 2.24) is 29.4 Å². The largest absolute Gasteiger partial charge is 0.481 e. The van der Waals surface area contributed by atoms with E-state index in [0.717, 1.165) is 30.0 Å². The Morgan fingerprint density at radius 1 is 1.00 bits per heavy atom. The highest BCUT2D eigenvalue weighted by molar-refractivity contribution is 5.65. The smallest absolute Gasteiger partial charge is 0.212 e. The van der Waals surface area contributed by atoms with Crippen molar-refractivity contribution in [2.45, 2.75) is 18.9 Å². The summed E-state index contributed by atoms with van der Waals surface area (Å²) < 4.78 is 36.9. The van der Waals surface area contributed by atoms with Crippen LogP contribution >= 0.6 is 0 Å². The van der Waals surface area contributed by atoms with Crippen molar-refractivity contribution in [2.75, 3.05) is 18.6 Å². The molecular formula is C25H21F2N7O. The van der Waals surface area contributed by atoms with E-state index in [2.05, 4.69) is 15.2 Å². The van der Waals surface area contributed by atoms with Crippen LogP contribution < -0.4 is 9.64 Å². The van der Waals surface area contributed by atoms with Crippen LogP contribution in [0.5, 0.6) is 5.88 Å². The lowest BCUT2D eigenvalue weighted by Crippen LogP contribution is -2.24. The summed E-state index contributed by atoms with van der Waals surface area (Å²) in [5, 5.41) is 8.90. The maximum atomic E-state index is 14.5. The standard InChI is InChI=1S/C25H21F2N7O/c1-35-24-7-4-16(12-28-24)17-13-29-34(15-17)22-14-30-33-10-8-23(31-25(22)33)32-9-2-3-21(32)19-11-18(26)5-6-20(19)27/h4-8,10-15,21H,2-3,9H2,1H3/t21-/m1/s1. The van der Waals surface area contributed by atoms with Gasteiger partial charge in [-0.1, -0.05) is 0 Å². The normalized spacial score (nSPS) is 15.7. The molecule has 0 N–H and O–H groups in total. The van der Waals surface area contributed by atoms with Gasteiger partial charge in [-0.15, -0.1) is 0 Å². The molecule has 5 aromatic rings. The van der Waals surface area contributed by atoms with E-state index in [-0.39, 0.29) is 6.04 Å². The second-order valence-corrected chi connectivity index (χ2v) is 8.36. The number of aromatic nitrogens is 6. The van der Waals surface area contributed by atoms with E-state index in [1.807, 2.05) is 29.4 Å². The molecule has 10 heteroatoms. The average Bonchev–Trinajstić information content (AvgIpc) is 3.64. The van der Waals surface area contributed by atoms with E-state index in [4.69, 9.17) is 9.72 Å². The Labute approximate surface area is 199 Å². The molecule has 4 aromatic heterocycles. The van der Waals surface area contributed by atoms with Crippen molar-refractivity contribution in [3.05, 3.63) is 84.6 Å². The minimum Gasteiger partial charge on any atom is -0.481 e. The zero-order chi connectivity index (χ0) is 23.9. The predicted octanol–water partition coefficient (Wildman–Crippen LogP) is 4.61. The number of hydrogen-bond acceptors (Lipinski definition) is 6. The Morgan fingerprint density at radius 2 is 1.91 bits per heavy atom. The first kappa shape index (κ1) is 21.2. The molecule has 0 aliphatic carbocycles. The lowest BCUT2D eigenvalue weighted by atomic mass is 10.0. The van der Waals surface area contributed by atoms with E-state index in [1.54, 1.807) is 41.0 Å². The summed E-state index contributed by atoms with van der Waals surface area (Å²) in [6, 6.07) is 8.87. The third kappa shape index (κ3) is 3.76. The molecule has 0 spiro atoms. The third-order valence-electron chi connectivity index (χ3n) is 6.31. The van der Waals surface area contributed by atoms with Crippen LogP contribution in [0, 0.1) is 11.6 Å². The number of rotatable bonds is 5. The van der Waals surface area contributed by atoms with Gasteiger partial charge in [0.05, 0.1) is 25.5 Å². The summed E-state index contributed by atoms with van der Waals surface area (Å²) in [5.41, 5.74) is 3.45. The summed E-state index contributed by atoms with van der Waals surface area (Å²) in [4.78, 5) is 11.1. The molecule has 0 unspecified atom stereocenters. The number of halogens is 2. The summed E-state index contributed by atoms with van der Waals surface area (Å²) in [6.45, 7) is 0.698. The molecule has 1 fully saturated rings. The van der Waals surface area contributed by atoms with Gasteiger partial charge in [-0.05, 0) is 43.2 Å². The number of fused-ring (bicyclic) bond motifs is 1. The average molecular weight is 473 g/mol. The molecule has 0 bridgehead atoms. The highest BCUT2D eigenvalue weighted by atomic mass is 19.1. The third-order valence-corrected chi connectivity index (χ3v) is 6.31. The van der Waals surface area contributed by atoms with E-state index >= 15 is 0 Å². The molecule has 1 saturated heterocycles. The quantitative estimate of drug-likeness (QED) is 0.371. The maximum absolute atomic E-state index is 14.5. The highest BCUT2D eigenvalue weighted by Crippen LogP contribution is 2.37. The van der Waals surface area contributed by atoms with Crippen molar-refractivity contribution in [3.8, 4) is 22.7 Å². The van der Waals surface area contributed by atoms with Crippen LogP contribution in [0.25, 0.3) is 22.5 Å². The van der Waals surface area contributed by atoms with Crippen LogP contribution in [0.3, 0.4) is 0 Å². The summed E-state index contributed by atoms with van der Waals surface area (Å²) in [5.74, 6) is 0.360. The Kier molecular flexibility index (Phi) is 5.13. The molecule has 1 aromatic carbocycles. The van der Waals surface area contributed by atoms with Crippen LogP contribution in [-0.2, 0) is 0 Å². The zero-order valence-electron chi connectivity index (χ0n) is 18.8. The number of ether oxygens (including phenoxy) is 1. The molecule has 0 radical (unpaired) electrons. The Hall–Kier alpha value is -4.34. The van der Waals surface area contributed by atoms with Gasteiger partial charge in [0, 0.05) is 47.9 Å². The molecule has 8 nitrogen and oxygen atoms in total. The lowest BCUT2D eigenvalue weighted by Gasteiger charge is -2.26. The fraction of sp³-hybridized carbons (Fsp3) is 0.200. The number of hydrogen-bond donors (Lipinski definition) is 0. The monoisotopic (exact) mass is 473 g/mol.